The molecule has 2 nitrogen and oxygen atoms in total. The lowest BCUT2D eigenvalue weighted by atomic mass is 10.1. The molecular weight excluding hydrogens is 272 g/mol. The van der Waals surface area contributed by atoms with Gasteiger partial charge in [0.15, 0.2) is 0 Å². The van der Waals surface area contributed by atoms with Crippen molar-refractivity contribution in [3.63, 3.8) is 0 Å². The van der Waals surface area contributed by atoms with Gasteiger partial charge in [0.1, 0.15) is 0 Å². The molecule has 0 aliphatic carbocycles. The van der Waals surface area contributed by atoms with Crippen LogP contribution >= 0.6 is 11.6 Å². The van der Waals surface area contributed by atoms with Gasteiger partial charge in [-0.3, -0.25) is 0 Å². The summed E-state index contributed by atoms with van der Waals surface area (Å²) in [5.74, 6) is 0. The Morgan fingerprint density at radius 2 is 2.05 bits per heavy atom. The fourth-order valence-electron chi connectivity index (χ4n) is 1.95. The van der Waals surface area contributed by atoms with Gasteiger partial charge in [-0.25, -0.2) is 0 Å². The van der Waals surface area contributed by atoms with E-state index in [1.165, 1.54) is 12.8 Å². The first-order chi connectivity index (χ1) is 9.77. The number of aliphatic hydroxyl groups is 1. The minimum atomic E-state index is -0.205. The molecule has 0 aromatic heterocycles. The fraction of sp³-hybridized carbons (Fsp3) is 0.529. The van der Waals surface area contributed by atoms with E-state index in [1.54, 1.807) is 0 Å². The molecule has 20 heavy (non-hydrogen) atoms. The van der Waals surface area contributed by atoms with Gasteiger partial charge in [-0.05, 0) is 18.4 Å². The quantitative estimate of drug-likeness (QED) is 0.636. The van der Waals surface area contributed by atoms with Gasteiger partial charge in [0.05, 0.1) is 12.7 Å². The van der Waals surface area contributed by atoms with Crippen molar-refractivity contribution in [2.75, 3.05) is 6.61 Å². The molecule has 0 unspecified atom stereocenters. The summed E-state index contributed by atoms with van der Waals surface area (Å²) in [6.45, 7) is 2.78. The van der Waals surface area contributed by atoms with Crippen molar-refractivity contribution in [1.82, 2.24) is 0 Å². The standard InChI is InChI=1S/C17H25ClO2/c1-2-3-4-8-11-16(18)17(12-13-19)20-14-15-9-6-5-7-10-15/h5-7,9-11,17,19H,2-4,8,12-14H2,1H3/b16-11-/t17-/m1/s1. The Balaban J connectivity index is 2.46. The summed E-state index contributed by atoms with van der Waals surface area (Å²) < 4.78 is 5.83. The lowest BCUT2D eigenvalue weighted by molar-refractivity contribution is 0.0514. The normalized spacial score (nSPS) is 13.4. The SMILES string of the molecule is CCCCC/C=C(\Cl)[C@@H](CCO)OCc1ccccc1. The molecule has 112 valence electrons. The molecule has 3 heteroatoms. The highest BCUT2D eigenvalue weighted by atomic mass is 35.5. The predicted molar refractivity (Wildman–Crippen MR) is 84.8 cm³/mol. The second-order valence-corrected chi connectivity index (χ2v) is 5.32. The first-order valence-corrected chi connectivity index (χ1v) is 7.77. The van der Waals surface area contributed by atoms with Gasteiger partial charge in [0, 0.05) is 18.1 Å². The maximum absolute atomic E-state index is 9.13. The average Bonchev–Trinajstić information content (AvgIpc) is 2.49. The molecule has 0 fully saturated rings. The molecule has 0 saturated heterocycles. The average molecular weight is 297 g/mol. The van der Waals surface area contributed by atoms with Gasteiger partial charge < -0.3 is 9.84 Å². The lowest BCUT2D eigenvalue weighted by Gasteiger charge is -2.16. The first-order valence-electron chi connectivity index (χ1n) is 7.39. The van der Waals surface area contributed by atoms with Gasteiger partial charge in [-0.15, -0.1) is 0 Å². The van der Waals surface area contributed by atoms with E-state index in [1.807, 2.05) is 36.4 Å². The number of hydrogen-bond donors (Lipinski definition) is 1. The zero-order valence-corrected chi connectivity index (χ0v) is 13.0. The topological polar surface area (TPSA) is 29.5 Å². The molecule has 0 radical (unpaired) electrons. The second kappa shape index (κ2) is 10.9. The van der Waals surface area contributed by atoms with Crippen LogP contribution in [0.4, 0.5) is 0 Å². The summed E-state index contributed by atoms with van der Waals surface area (Å²) in [6.07, 6.45) is 6.91. The van der Waals surface area contributed by atoms with Gasteiger partial charge in [0.2, 0.25) is 0 Å². The smallest absolute Gasteiger partial charge is 0.0953 e. The predicted octanol–water partition coefficient (Wildman–Crippen LogP) is 4.66. The molecule has 1 aromatic rings. The van der Waals surface area contributed by atoms with E-state index in [-0.39, 0.29) is 12.7 Å². The molecule has 0 aliphatic heterocycles. The van der Waals surface area contributed by atoms with Crippen molar-refractivity contribution in [2.45, 2.75) is 51.7 Å². The summed E-state index contributed by atoms with van der Waals surface area (Å²) in [5, 5.41) is 9.84. The molecule has 1 N–H and O–H groups in total. The summed E-state index contributed by atoms with van der Waals surface area (Å²) >= 11 is 6.30. The Morgan fingerprint density at radius 1 is 1.30 bits per heavy atom. The van der Waals surface area contributed by atoms with Crippen LogP contribution in [0.1, 0.15) is 44.6 Å². The maximum atomic E-state index is 9.13. The number of benzene rings is 1. The van der Waals surface area contributed by atoms with E-state index >= 15 is 0 Å². The van der Waals surface area contributed by atoms with E-state index in [9.17, 15) is 0 Å². The second-order valence-electron chi connectivity index (χ2n) is 4.88. The van der Waals surface area contributed by atoms with Crippen molar-refractivity contribution in [3.8, 4) is 0 Å². The highest BCUT2D eigenvalue weighted by molar-refractivity contribution is 6.30. The number of allylic oxidation sites excluding steroid dienone is 1. The molecule has 0 spiro atoms. The Hall–Kier alpha value is -0.830. The summed E-state index contributed by atoms with van der Waals surface area (Å²) in [6, 6.07) is 10.0. The molecular formula is C17H25ClO2. The molecule has 0 saturated carbocycles. The van der Waals surface area contributed by atoms with Crippen molar-refractivity contribution < 1.29 is 9.84 Å². The van der Waals surface area contributed by atoms with Crippen LogP contribution in [0.15, 0.2) is 41.4 Å². The molecule has 0 heterocycles. The van der Waals surface area contributed by atoms with Crippen molar-refractivity contribution in [1.29, 1.82) is 0 Å². The molecule has 1 rings (SSSR count). The molecule has 0 bridgehead atoms. The summed E-state index contributed by atoms with van der Waals surface area (Å²) in [7, 11) is 0. The number of rotatable bonds is 10. The molecule has 1 atom stereocenters. The van der Waals surface area contributed by atoms with Gasteiger partial charge in [-0.2, -0.15) is 0 Å². The summed E-state index contributed by atoms with van der Waals surface area (Å²) in [5.41, 5.74) is 1.12. The Labute approximate surface area is 127 Å². The third-order valence-corrected chi connectivity index (χ3v) is 3.54. The van der Waals surface area contributed by atoms with E-state index < -0.39 is 0 Å². The number of unbranched alkanes of at least 4 members (excludes halogenated alkanes) is 3. The largest absolute Gasteiger partial charge is 0.396 e. The minimum Gasteiger partial charge on any atom is -0.396 e. The van der Waals surface area contributed by atoms with Crippen molar-refractivity contribution >= 4 is 11.6 Å². The fourth-order valence-corrected chi connectivity index (χ4v) is 2.24. The number of ether oxygens (including phenoxy) is 1. The van der Waals surface area contributed by atoms with E-state index in [0.29, 0.717) is 18.1 Å². The minimum absolute atomic E-state index is 0.0818. The van der Waals surface area contributed by atoms with Crippen LogP contribution in [0.2, 0.25) is 0 Å². The van der Waals surface area contributed by atoms with Crippen LogP contribution in [0, 0.1) is 0 Å². The van der Waals surface area contributed by atoms with Gasteiger partial charge in [-0.1, -0.05) is 67.8 Å². The van der Waals surface area contributed by atoms with E-state index in [0.717, 1.165) is 18.4 Å². The van der Waals surface area contributed by atoms with Crippen LogP contribution in [0.3, 0.4) is 0 Å². The molecule has 0 amide bonds. The van der Waals surface area contributed by atoms with Crippen LogP contribution in [-0.2, 0) is 11.3 Å². The highest BCUT2D eigenvalue weighted by Crippen LogP contribution is 2.19. The maximum Gasteiger partial charge on any atom is 0.0953 e. The molecule has 1 aromatic carbocycles. The Kier molecular flexibility index (Phi) is 9.38. The number of aliphatic hydroxyl groups excluding tert-OH is 1. The van der Waals surface area contributed by atoms with Crippen molar-refractivity contribution in [3.05, 3.63) is 47.0 Å². The monoisotopic (exact) mass is 296 g/mol. The van der Waals surface area contributed by atoms with Crippen molar-refractivity contribution in [2.24, 2.45) is 0 Å². The van der Waals surface area contributed by atoms with Gasteiger partial charge in [0.25, 0.3) is 0 Å². The third-order valence-electron chi connectivity index (χ3n) is 3.14. The zero-order valence-electron chi connectivity index (χ0n) is 12.2. The van der Waals surface area contributed by atoms with E-state index in [2.05, 4.69) is 6.92 Å². The highest BCUT2D eigenvalue weighted by Gasteiger charge is 2.12. The van der Waals surface area contributed by atoms with E-state index in [4.69, 9.17) is 21.4 Å². The number of hydrogen-bond acceptors (Lipinski definition) is 2. The van der Waals surface area contributed by atoms with Crippen LogP contribution < -0.4 is 0 Å². The Morgan fingerprint density at radius 3 is 2.70 bits per heavy atom. The summed E-state index contributed by atoms with van der Waals surface area (Å²) in [4.78, 5) is 0. The Bertz CT molecular complexity index is 376. The van der Waals surface area contributed by atoms with Crippen LogP contribution in [0.25, 0.3) is 0 Å². The lowest BCUT2D eigenvalue weighted by Crippen LogP contribution is -2.15. The third kappa shape index (κ3) is 7.09. The zero-order chi connectivity index (χ0) is 14.6. The number of halogens is 1. The van der Waals surface area contributed by atoms with Crippen LogP contribution in [-0.4, -0.2) is 17.8 Å². The van der Waals surface area contributed by atoms with Crippen LogP contribution in [0.5, 0.6) is 0 Å². The molecule has 0 aliphatic rings. The van der Waals surface area contributed by atoms with Gasteiger partial charge >= 0.3 is 0 Å². The first kappa shape index (κ1) is 17.2.